The second-order valence-electron chi connectivity index (χ2n) is 37.0. The molecule has 145 heavy (non-hydrogen) atoms. The maximum Gasteiger partial charge on any atom is 0.235 e. The van der Waals surface area contributed by atoms with Crippen LogP contribution < -0.4 is 0 Å². The van der Waals surface area contributed by atoms with Crippen molar-refractivity contribution in [3.8, 4) is 118 Å². The van der Waals surface area contributed by atoms with Gasteiger partial charge < -0.3 is 13.3 Å². The summed E-state index contributed by atoms with van der Waals surface area (Å²) in [5, 5.41) is 19.9. The summed E-state index contributed by atoms with van der Waals surface area (Å²) >= 11 is 5.26. The highest BCUT2D eigenvalue weighted by Gasteiger charge is 2.26. The minimum atomic E-state index is 0.655. The number of hydrogen-bond acceptors (Lipinski definition) is 12. The first kappa shape index (κ1) is 83.5. The van der Waals surface area contributed by atoms with Crippen LogP contribution in [-0.2, 0) is 0 Å². The maximum absolute atomic E-state index is 6.35. The molecule has 0 amide bonds. The van der Waals surface area contributed by atoms with Crippen LogP contribution in [0.4, 0.5) is 0 Å². The van der Waals surface area contributed by atoms with Crippen molar-refractivity contribution in [3.05, 3.63) is 467 Å². The summed E-state index contributed by atoms with van der Waals surface area (Å²) in [6.45, 7) is 0. The normalized spacial score (nSPS) is 11.9. The molecule has 0 radical (unpaired) electrons. The number of rotatable bonds is 11. The van der Waals surface area contributed by atoms with Gasteiger partial charge in [-0.3, -0.25) is 4.57 Å². The molecule has 0 atom stereocenters. The summed E-state index contributed by atoms with van der Waals surface area (Å²) in [7, 11) is 0. The van der Waals surface area contributed by atoms with E-state index in [4.69, 9.17) is 43.2 Å². The van der Waals surface area contributed by atoms with Crippen LogP contribution in [0.5, 0.6) is 0 Å². The average Bonchev–Trinajstić information content (AvgIpc) is 1.57. The molecule has 0 unspecified atom stereocenters. The fourth-order valence-corrected chi connectivity index (χ4v) is 24.8. The number of para-hydroxylation sites is 5. The van der Waals surface area contributed by atoms with E-state index < -0.39 is 0 Å². The van der Waals surface area contributed by atoms with Gasteiger partial charge in [-0.25, -0.2) is 29.9 Å². The smallest absolute Gasteiger partial charge is 0.235 e. The van der Waals surface area contributed by atoms with Gasteiger partial charge in [-0.2, -0.15) is 0 Å². The van der Waals surface area contributed by atoms with E-state index in [2.05, 4.69) is 423 Å². The molecule has 10 nitrogen and oxygen atoms in total. The first-order chi connectivity index (χ1) is 71.8. The van der Waals surface area contributed by atoms with Gasteiger partial charge in [0, 0.05) is 101 Å². The van der Waals surface area contributed by atoms with Crippen LogP contribution in [0.15, 0.2) is 480 Å². The molecule has 0 fully saturated rings. The van der Waals surface area contributed by atoms with Crippen LogP contribution in [0.3, 0.4) is 0 Å². The number of nitrogens with zero attached hydrogens (tertiary/aromatic N) is 7. The van der Waals surface area contributed by atoms with E-state index in [9.17, 15) is 0 Å². The second kappa shape index (κ2) is 34.2. The summed E-state index contributed by atoms with van der Waals surface area (Å²) in [5.74, 6) is 2.07. The molecular weight excluding hydrogens is 1830 g/mol. The molecule has 0 aliphatic heterocycles. The molecule has 21 aromatic carbocycles. The molecule has 31 rings (SSSR count). The van der Waals surface area contributed by atoms with Gasteiger partial charge in [-0.05, 0) is 197 Å². The SMILES string of the molecule is c1ccc(-c2ccc(-c3nc(-c4ccc5c(c4)oc4ccccc45)c4sc5cc(-c6ccc7ccccc7c6)ccc5c4n3)cc2)cc1.c1ccc(-c2cccc(-c3nc(-c4ccc5c(c4)oc4ccccc45)c4sc5cc(-c6ccc7ccccc7c6)ccc5c4n3)c2)cc1.c1ccc2cc(-c3ccc4c(c3)sc3c(-c5ccc6c(c5)oc5ccccc56)nc(-n5c6ccccc6c6ccccc65)nc34)ccc2c1. The largest absolute Gasteiger partial charge is 0.456 e. The minimum Gasteiger partial charge on any atom is -0.456 e. The molecule has 10 heterocycles. The van der Waals surface area contributed by atoms with E-state index >= 15 is 0 Å². The number of thiophene rings is 3. The van der Waals surface area contributed by atoms with Crippen molar-refractivity contribution < 1.29 is 13.3 Å². The highest BCUT2D eigenvalue weighted by atomic mass is 32.1. The predicted molar refractivity (Wildman–Crippen MR) is 608 cm³/mol. The third-order valence-electron chi connectivity index (χ3n) is 28.4. The van der Waals surface area contributed by atoms with E-state index in [0.717, 1.165) is 185 Å². The van der Waals surface area contributed by atoms with Gasteiger partial charge in [0.2, 0.25) is 5.95 Å². The Morgan fingerprint density at radius 1 is 0.166 bits per heavy atom. The van der Waals surface area contributed by atoms with E-state index in [1.165, 1.54) is 96.1 Å². The molecule has 0 bridgehead atoms. The Labute approximate surface area is 841 Å². The zero-order valence-electron chi connectivity index (χ0n) is 77.5. The fraction of sp³-hybridized carbons (Fsp3) is 0. The second-order valence-corrected chi connectivity index (χ2v) is 40.2. The molecule has 13 heteroatoms. The van der Waals surface area contributed by atoms with Crippen LogP contribution in [-0.4, -0.2) is 34.5 Å². The summed E-state index contributed by atoms with van der Waals surface area (Å²) in [6.07, 6.45) is 0. The molecule has 10 aromatic heterocycles. The van der Waals surface area contributed by atoms with Crippen molar-refractivity contribution in [3.63, 3.8) is 0 Å². The summed E-state index contributed by atoms with van der Waals surface area (Å²) in [6, 6.07) is 165. The van der Waals surface area contributed by atoms with Gasteiger partial charge in [-0.15, -0.1) is 34.0 Å². The Kier molecular flexibility index (Phi) is 19.7. The van der Waals surface area contributed by atoms with Crippen molar-refractivity contribution in [2.24, 2.45) is 0 Å². The lowest BCUT2D eigenvalue weighted by atomic mass is 10.0. The molecule has 31 aromatic rings. The Hall–Kier alpha value is -18.5. The lowest BCUT2D eigenvalue weighted by Crippen LogP contribution is -2.02. The third-order valence-corrected chi connectivity index (χ3v) is 31.8. The number of hydrogen-bond donors (Lipinski definition) is 0. The third kappa shape index (κ3) is 14.6. The minimum absolute atomic E-state index is 0.655. The van der Waals surface area contributed by atoms with E-state index in [1.807, 2.05) is 48.5 Å². The van der Waals surface area contributed by atoms with Crippen LogP contribution in [0, 0.1) is 0 Å². The Balaban J connectivity index is 0.000000103. The topological polar surface area (TPSA) is 122 Å². The number of benzene rings is 21. The Morgan fingerprint density at radius 2 is 0.448 bits per heavy atom. The van der Waals surface area contributed by atoms with Crippen molar-refractivity contribution in [1.82, 2.24) is 34.5 Å². The van der Waals surface area contributed by atoms with Crippen LogP contribution in [0.25, 0.3) is 299 Å². The molecule has 0 saturated carbocycles. The lowest BCUT2D eigenvalue weighted by Gasteiger charge is -2.10. The summed E-state index contributed by atoms with van der Waals surface area (Å²) in [4.78, 5) is 31.9. The lowest BCUT2D eigenvalue weighted by molar-refractivity contribution is 0.668. The van der Waals surface area contributed by atoms with Crippen LogP contribution in [0.2, 0.25) is 0 Å². The number of aromatic nitrogens is 7. The zero-order valence-corrected chi connectivity index (χ0v) is 80.0. The van der Waals surface area contributed by atoms with Gasteiger partial charge in [0.25, 0.3) is 0 Å². The predicted octanol–water partition coefficient (Wildman–Crippen LogP) is 37.5. The Morgan fingerprint density at radius 3 is 0.876 bits per heavy atom. The average molecular weight is 1910 g/mol. The standard InChI is InChI=1S/C44H25N3OS.2C44H26N2OS/c1-2-10-27-23-28(18-17-26(27)9-1)29-19-22-35-40(25-29)49-43-41(30-20-21-34-33-13-5-8-16-38(33)48-39(34)24-30)45-44(46-42(35)43)47-36-14-6-3-11-31(36)32-12-4-7-15-37(32)47;1-2-9-27(10-3-1)30-13-8-14-34(24-30)44-45-41(33-20-21-36-35-15-6-7-16-38(35)47-39(36)25-33)43-42(46-44)37-22-19-32(26-40(37)48-43)31-18-17-28-11-4-5-12-29(28)23-31;1-2-8-27(9-3-1)29-14-17-30(18-15-29)44-45-41(34-21-22-36-35-12-6-7-13-38(35)47-39(36)25-34)43-42(46-44)37-23-20-33(26-40(37)48-43)32-19-16-28-10-4-5-11-31(28)24-32/h1-25H;2*1-26H. The quantitative estimate of drug-likeness (QED) is 0.125. The van der Waals surface area contributed by atoms with Gasteiger partial charge in [0.15, 0.2) is 11.6 Å². The monoisotopic (exact) mass is 1900 g/mol. The number of fused-ring (bicyclic) bond motifs is 24. The fourth-order valence-electron chi connectivity index (χ4n) is 21.2. The molecule has 0 aliphatic rings. The van der Waals surface area contributed by atoms with E-state index in [1.54, 1.807) is 34.0 Å². The highest BCUT2D eigenvalue weighted by molar-refractivity contribution is 7.27. The van der Waals surface area contributed by atoms with Gasteiger partial charge in [-0.1, -0.05) is 358 Å². The number of furan rings is 3. The van der Waals surface area contributed by atoms with Crippen LogP contribution in [0.1, 0.15) is 0 Å². The van der Waals surface area contributed by atoms with Crippen molar-refractivity contribution in [2.45, 2.75) is 0 Å². The summed E-state index contributed by atoms with van der Waals surface area (Å²) < 4.78 is 27.9. The first-order valence-electron chi connectivity index (χ1n) is 48.5. The van der Waals surface area contributed by atoms with E-state index in [0.29, 0.717) is 17.6 Å². The van der Waals surface area contributed by atoms with E-state index in [-0.39, 0.29) is 0 Å². The molecule has 0 N–H and O–H groups in total. The Bertz CT molecular complexity index is 10700. The van der Waals surface area contributed by atoms with Gasteiger partial charge >= 0.3 is 0 Å². The van der Waals surface area contributed by atoms with Crippen molar-refractivity contribution in [2.75, 3.05) is 0 Å². The summed E-state index contributed by atoms with van der Waals surface area (Å²) in [5.41, 5.74) is 29.8. The van der Waals surface area contributed by atoms with Crippen molar-refractivity contribution in [1.29, 1.82) is 0 Å². The van der Waals surface area contributed by atoms with Crippen molar-refractivity contribution >= 4 is 215 Å². The maximum atomic E-state index is 6.35. The highest BCUT2D eigenvalue weighted by Crippen LogP contribution is 2.49. The zero-order chi connectivity index (χ0) is 95.3. The molecule has 0 spiro atoms. The first-order valence-corrected chi connectivity index (χ1v) is 51.0. The van der Waals surface area contributed by atoms with Gasteiger partial charge in [0.05, 0.1) is 58.8 Å². The molecular formula is C132H77N7O3S3. The molecule has 0 aliphatic carbocycles. The van der Waals surface area contributed by atoms with Gasteiger partial charge in [0.1, 0.15) is 33.5 Å². The molecule has 0 saturated heterocycles. The van der Waals surface area contributed by atoms with Crippen LogP contribution >= 0.6 is 34.0 Å². The molecule has 676 valence electrons.